The Morgan fingerprint density at radius 2 is 0.791 bits per heavy atom. The van der Waals surface area contributed by atoms with E-state index in [1.807, 2.05) is 181 Å². The first kappa shape index (κ1) is 104. The van der Waals surface area contributed by atoms with Crippen molar-refractivity contribution in [2.75, 3.05) is 171 Å². The quantitative estimate of drug-likeness (QED) is 0.0236. The van der Waals surface area contributed by atoms with Gasteiger partial charge in [0.1, 0.15) is 46.4 Å². The minimum Gasteiger partial charge on any atom is -0.496 e. The van der Waals surface area contributed by atoms with E-state index in [0.717, 1.165) is 102 Å². The molecule has 0 atom stereocenters. The molecule has 0 saturated carbocycles. The number of alkyl halides is 9. The molecule has 0 bridgehead atoms. The number of aromatic nitrogens is 8. The van der Waals surface area contributed by atoms with Crippen LogP contribution in [0.5, 0.6) is 11.5 Å². The number of aryl methyl sites for hydroxylation is 2. The molecule has 3 saturated heterocycles. The molecule has 11 aromatic heterocycles. The number of rotatable bonds is 27. The molecule has 0 unspecified atom stereocenters. The molecule has 0 aliphatic carbocycles. The molecule has 134 heavy (non-hydrogen) atoms. The maximum absolute atomic E-state index is 14.0. The number of halogens is 10. The molecule has 3 aliphatic heterocycles. The lowest BCUT2D eigenvalue weighted by atomic mass is 10.00. The molecule has 3 aliphatic rings. The van der Waals surface area contributed by atoms with Gasteiger partial charge in [-0.3, -0.25) is 29.1 Å². The average Bonchev–Trinajstić information content (AvgIpc) is 1.59. The van der Waals surface area contributed by atoms with Gasteiger partial charge in [0.05, 0.1) is 85.8 Å². The van der Waals surface area contributed by atoms with Gasteiger partial charge in [0.25, 0.3) is 17.0 Å². The van der Waals surface area contributed by atoms with Crippen molar-refractivity contribution in [3.05, 3.63) is 199 Å². The molecule has 14 rings (SSSR count). The molecular formula is C96H123ClF9N19O9. The van der Waals surface area contributed by atoms with E-state index in [2.05, 4.69) is 53.7 Å². The normalized spacial score (nSPS) is 14.4. The first-order valence-electron chi connectivity index (χ1n) is 44.5. The van der Waals surface area contributed by atoms with Crippen LogP contribution in [0.4, 0.5) is 74.4 Å². The molecule has 0 aromatic carbocycles. The number of amides is 1. The van der Waals surface area contributed by atoms with Crippen molar-refractivity contribution < 1.29 is 73.2 Å². The van der Waals surface area contributed by atoms with Crippen LogP contribution in [0.25, 0.3) is 49.9 Å². The number of carbonyl (C=O) groups excluding carboxylic acids is 2. The van der Waals surface area contributed by atoms with E-state index in [-0.39, 0.29) is 78.8 Å². The number of hydrogen-bond donors (Lipinski definition) is 5. The van der Waals surface area contributed by atoms with Gasteiger partial charge in [-0.1, -0.05) is 0 Å². The van der Waals surface area contributed by atoms with Crippen LogP contribution in [0.3, 0.4) is 0 Å². The van der Waals surface area contributed by atoms with E-state index in [1.54, 1.807) is 64.5 Å². The van der Waals surface area contributed by atoms with Gasteiger partial charge < -0.3 is 82.9 Å². The lowest BCUT2D eigenvalue weighted by Gasteiger charge is -2.40. The maximum atomic E-state index is 14.0. The van der Waals surface area contributed by atoms with Gasteiger partial charge in [0, 0.05) is 213 Å². The number of hydrogen-bond acceptors (Lipinski definition) is 21. The molecule has 0 spiro atoms. The number of aromatic amines is 2. The number of pyridine rings is 8. The third-order valence-electron chi connectivity index (χ3n) is 24.6. The van der Waals surface area contributed by atoms with Crippen molar-refractivity contribution >= 4 is 81.7 Å². The number of esters is 1. The zero-order valence-electron chi connectivity index (χ0n) is 78.9. The lowest BCUT2D eigenvalue weighted by Crippen LogP contribution is -2.48. The summed E-state index contributed by atoms with van der Waals surface area (Å²) in [6.45, 7) is 18.7. The number of nitrogens with zero attached hydrogens (tertiary/aromatic N) is 15. The molecular weight excluding hydrogens is 1770 g/mol. The lowest BCUT2D eigenvalue weighted by molar-refractivity contribution is -0.148. The van der Waals surface area contributed by atoms with Crippen LogP contribution < -0.4 is 61.0 Å². The second-order valence-corrected chi connectivity index (χ2v) is 34.2. The minimum atomic E-state index is -4.24. The second-order valence-electron chi connectivity index (χ2n) is 34.2. The molecule has 14 heterocycles. The highest BCUT2D eigenvalue weighted by Gasteiger charge is 2.39. The van der Waals surface area contributed by atoms with Gasteiger partial charge in [-0.15, -0.1) is 12.4 Å². The molecule has 38 heteroatoms. The van der Waals surface area contributed by atoms with E-state index in [9.17, 15) is 68.6 Å². The van der Waals surface area contributed by atoms with Gasteiger partial charge in [-0.2, -0.15) is 39.5 Å². The fraction of sp³-hybridized carbons (Fsp3) is 0.458. The van der Waals surface area contributed by atoms with Crippen LogP contribution in [0, 0.1) is 34.6 Å². The summed E-state index contributed by atoms with van der Waals surface area (Å²) >= 11 is 0. The zero-order valence-corrected chi connectivity index (χ0v) is 79.8. The predicted octanol–water partition coefficient (Wildman–Crippen LogP) is 16.1. The van der Waals surface area contributed by atoms with Crippen molar-refractivity contribution in [1.82, 2.24) is 58.1 Å². The zero-order chi connectivity index (χ0) is 97.0. The van der Waals surface area contributed by atoms with Crippen molar-refractivity contribution in [2.45, 2.75) is 151 Å². The first-order chi connectivity index (χ1) is 63.0. The number of fused-ring (bicyclic) bond motifs is 3. The fourth-order valence-electron chi connectivity index (χ4n) is 18.2. The molecule has 726 valence electrons. The van der Waals surface area contributed by atoms with Gasteiger partial charge >= 0.3 is 30.5 Å². The molecule has 1 amide bonds. The van der Waals surface area contributed by atoms with Crippen LogP contribution in [-0.4, -0.2) is 254 Å². The third kappa shape index (κ3) is 24.7. The Morgan fingerprint density at radius 3 is 1.10 bits per heavy atom. The number of aromatic carboxylic acids is 1. The Balaban J connectivity index is 0.000000196. The van der Waals surface area contributed by atoms with Crippen molar-refractivity contribution in [3.63, 3.8) is 0 Å². The van der Waals surface area contributed by atoms with Gasteiger partial charge in [-0.05, 0) is 202 Å². The Labute approximate surface area is 780 Å². The number of ether oxygens (including phenoxy) is 3. The fourth-order valence-corrected chi connectivity index (χ4v) is 18.2. The molecule has 6 N–H and O–H groups in total. The highest BCUT2D eigenvalue weighted by molar-refractivity contribution is 6.01. The van der Waals surface area contributed by atoms with E-state index >= 15 is 0 Å². The minimum absolute atomic E-state index is 0. The van der Waals surface area contributed by atoms with Crippen molar-refractivity contribution in [2.24, 2.45) is 5.73 Å². The summed E-state index contributed by atoms with van der Waals surface area (Å²) in [5, 5.41) is 12.9. The largest absolute Gasteiger partial charge is 0.496 e. The number of anilines is 6. The van der Waals surface area contributed by atoms with Crippen LogP contribution in [-0.2, 0) is 17.8 Å². The number of carboxylic acids is 1. The smallest absolute Gasteiger partial charge is 0.401 e. The molecule has 28 nitrogen and oxygen atoms in total. The van der Waals surface area contributed by atoms with Crippen LogP contribution >= 0.6 is 12.4 Å². The Hall–Kier alpha value is -12.1. The van der Waals surface area contributed by atoms with E-state index < -0.39 is 44.1 Å². The monoisotopic (exact) mass is 1890 g/mol. The number of piperidine rings is 3. The Bertz CT molecular complexity index is 6020. The van der Waals surface area contributed by atoms with E-state index in [1.165, 1.54) is 28.9 Å². The Morgan fingerprint density at radius 1 is 0.478 bits per heavy atom. The second kappa shape index (κ2) is 44.9. The van der Waals surface area contributed by atoms with Gasteiger partial charge in [-0.25, -0.2) is 24.5 Å². The maximum Gasteiger partial charge on any atom is 0.401 e. The summed E-state index contributed by atoms with van der Waals surface area (Å²) in [5.41, 5.74) is 18.4. The summed E-state index contributed by atoms with van der Waals surface area (Å²) in [6.07, 6.45) is 1.99. The number of nitrogens with two attached hydrogens (primary N) is 1. The predicted molar refractivity (Wildman–Crippen MR) is 511 cm³/mol. The van der Waals surface area contributed by atoms with Crippen molar-refractivity contribution in [3.8, 4) is 44.9 Å². The number of carboxylic acid groups (broad SMARTS) is 1. The molecule has 3 fully saturated rings. The standard InChI is InChI=1S/C34H42F3N7O3.C28H36F3N5O2.C26H32F3N5O2.C8H12N2O2.ClH/c1-7-43(24-9-13-42(14-10-24)20-34(35,36)37)33-22(3)26(31(45)39-19-27-29(47-6)16-21(2)40-32(27)46)18-28-25(11-15-44(28)33)23-8-12-38-30(17-23)41(4)5;1-6-35(21-9-13-34(14-10-21)18-28(29,30)31)26-19(3)23(27(37)38-7-2)17-24-22(11-15-36(24)26)20-8-12-32-25(16-20)33(4)5;1-5-33(19-7-11-32(12-8-19)16-26(27,28)29)24-17(2)21(25(35)36)15-22-20(9-13-34(22)24)18-6-10-30-23(14-18)31(3)4;1-5-3-7(12-2)6(4-9)8(11)10-5;/h8,11-12,15-18,24H,7,9-10,13-14,19-20H2,1-6H3,(H,39,45)(H,40,46);8,11-12,15-17,21H,6-7,9-10,13-14,18H2,1-5H3;6,9-10,13-15,19H,5,7-8,11-12,16H2,1-4H3,(H,35,36);3H,4,9H2,1-2H3,(H,10,11);1H. The SMILES string of the molecule is CCN(c1c(C)c(C(=O)NCc2c(OC)cc(C)[nH]c2=O)cc2c(-c3ccnc(N(C)C)c3)ccn12)C1CCN(CC(F)(F)F)CC1.CCN(c1c(C)c(C(=O)O)cc2c(-c3ccnc(N(C)C)c3)ccn12)C1CCN(CC(F)(F)F)CC1.CCOC(=O)c1cc2c(-c3ccnc(N(C)C)c3)ccn2c(N(CC)C2CCN(CC(F)(F)F)CC2)c1C.COc1cc(C)[nH]c(=O)c1CN.Cl. The van der Waals surface area contributed by atoms with Crippen LogP contribution in [0.2, 0.25) is 0 Å². The molecule has 0 radical (unpaired) electrons. The van der Waals surface area contributed by atoms with Gasteiger partial charge in [0.2, 0.25) is 0 Å². The van der Waals surface area contributed by atoms with Crippen molar-refractivity contribution in [1.29, 1.82) is 0 Å². The van der Waals surface area contributed by atoms with E-state index in [0.29, 0.717) is 142 Å². The summed E-state index contributed by atoms with van der Waals surface area (Å²) in [7, 11) is 14.5. The summed E-state index contributed by atoms with van der Waals surface area (Å²) in [4.78, 5) is 98.6. The number of methoxy groups -OCH3 is 2. The van der Waals surface area contributed by atoms with Crippen LogP contribution in [0.1, 0.15) is 136 Å². The molecule has 11 aromatic rings. The van der Waals surface area contributed by atoms with E-state index in [4.69, 9.17) is 19.9 Å². The summed E-state index contributed by atoms with van der Waals surface area (Å²) in [6, 6.07) is 26.7. The number of H-pyrrole nitrogens is 2. The highest BCUT2D eigenvalue weighted by Crippen LogP contribution is 2.42. The number of likely N-dealkylation sites (tertiary alicyclic amines) is 3. The number of nitrogens with one attached hydrogen (secondary N) is 3. The highest BCUT2D eigenvalue weighted by atomic mass is 35.5. The number of carbonyl (C=O) groups is 3. The van der Waals surface area contributed by atoms with Gasteiger partial charge in [0.15, 0.2) is 0 Å². The first-order valence-corrected chi connectivity index (χ1v) is 44.5. The van der Waals surface area contributed by atoms with Crippen LogP contribution in [0.15, 0.2) is 132 Å². The topological polar surface area (TPSA) is 284 Å². The third-order valence-corrected chi connectivity index (χ3v) is 24.6. The Kier molecular flexibility index (Phi) is 34.8. The average molecular weight is 1890 g/mol. The summed E-state index contributed by atoms with van der Waals surface area (Å²) < 4.78 is 139. The summed E-state index contributed by atoms with van der Waals surface area (Å²) in [5.74, 6) is 4.03.